The lowest BCUT2D eigenvalue weighted by Crippen LogP contribution is -2.52. The van der Waals surface area contributed by atoms with E-state index in [2.05, 4.69) is 9.47 Å². The largest absolute Gasteiger partial charge is 0.468 e. The Morgan fingerprint density at radius 1 is 1.38 bits per heavy atom. The first kappa shape index (κ1) is 12.9. The fourth-order valence-corrected chi connectivity index (χ4v) is 1.61. The molecular weight excluding hydrogens is 214 g/mol. The summed E-state index contributed by atoms with van der Waals surface area (Å²) in [5.74, 6) is -0.729. The maximum atomic E-state index is 11.3. The zero-order valence-corrected chi connectivity index (χ0v) is 9.76. The van der Waals surface area contributed by atoms with Crippen molar-refractivity contribution in [1.82, 2.24) is 4.90 Å². The molecule has 1 heterocycles. The lowest BCUT2D eigenvalue weighted by Gasteiger charge is -2.34. The van der Waals surface area contributed by atoms with E-state index in [-0.39, 0.29) is 12.0 Å². The highest BCUT2D eigenvalue weighted by Crippen LogP contribution is 2.11. The second-order valence-electron chi connectivity index (χ2n) is 3.58. The van der Waals surface area contributed by atoms with Gasteiger partial charge in [0, 0.05) is 13.1 Å². The van der Waals surface area contributed by atoms with Crippen molar-refractivity contribution in [2.24, 2.45) is 0 Å². The van der Waals surface area contributed by atoms with Crippen molar-refractivity contribution in [3.05, 3.63) is 0 Å². The van der Waals surface area contributed by atoms with Gasteiger partial charge in [0.25, 0.3) is 0 Å². The van der Waals surface area contributed by atoms with Gasteiger partial charge in [-0.15, -0.1) is 0 Å². The predicted molar refractivity (Wildman–Crippen MR) is 54.8 cm³/mol. The van der Waals surface area contributed by atoms with Gasteiger partial charge in [-0.05, 0) is 6.92 Å². The third-order valence-corrected chi connectivity index (χ3v) is 2.65. The fourth-order valence-electron chi connectivity index (χ4n) is 1.61. The molecule has 0 aromatic heterocycles. The first-order valence-corrected chi connectivity index (χ1v) is 5.11. The van der Waals surface area contributed by atoms with Crippen LogP contribution in [-0.2, 0) is 23.8 Å². The van der Waals surface area contributed by atoms with Crippen LogP contribution in [0.5, 0.6) is 0 Å². The van der Waals surface area contributed by atoms with E-state index in [0.717, 1.165) is 0 Å². The van der Waals surface area contributed by atoms with Crippen LogP contribution in [-0.4, -0.2) is 62.9 Å². The average Bonchev–Trinajstić information content (AvgIpc) is 2.36. The van der Waals surface area contributed by atoms with E-state index in [9.17, 15) is 9.59 Å². The minimum atomic E-state index is -0.620. The van der Waals surface area contributed by atoms with Gasteiger partial charge in [-0.3, -0.25) is 9.69 Å². The van der Waals surface area contributed by atoms with Gasteiger partial charge < -0.3 is 14.2 Å². The molecule has 16 heavy (non-hydrogen) atoms. The maximum absolute atomic E-state index is 11.3. The van der Waals surface area contributed by atoms with Crippen LogP contribution < -0.4 is 0 Å². The van der Waals surface area contributed by atoms with Crippen molar-refractivity contribution in [3.63, 3.8) is 0 Å². The lowest BCUT2D eigenvalue weighted by atomic mass is 10.2. The van der Waals surface area contributed by atoms with Crippen molar-refractivity contribution in [3.8, 4) is 0 Å². The second-order valence-corrected chi connectivity index (χ2v) is 3.58. The summed E-state index contributed by atoms with van der Waals surface area (Å²) in [4.78, 5) is 24.5. The normalized spacial score (nSPS) is 23.6. The first-order valence-electron chi connectivity index (χ1n) is 5.11. The molecule has 0 bridgehead atoms. The van der Waals surface area contributed by atoms with Crippen LogP contribution in [0.25, 0.3) is 0 Å². The Kier molecular flexibility index (Phi) is 4.70. The summed E-state index contributed by atoms with van der Waals surface area (Å²) < 4.78 is 14.5. The number of carbonyl (C=O) groups excluding carboxylic acids is 2. The van der Waals surface area contributed by atoms with Gasteiger partial charge in [0.2, 0.25) is 0 Å². The second kappa shape index (κ2) is 5.81. The highest BCUT2D eigenvalue weighted by atomic mass is 16.6. The van der Waals surface area contributed by atoms with Crippen LogP contribution in [0.15, 0.2) is 0 Å². The fraction of sp³-hybridized carbons (Fsp3) is 0.800. The number of methoxy groups -OCH3 is 2. The molecule has 0 spiro atoms. The van der Waals surface area contributed by atoms with E-state index >= 15 is 0 Å². The summed E-state index contributed by atoms with van der Waals surface area (Å²) >= 11 is 0. The molecule has 2 atom stereocenters. The summed E-state index contributed by atoms with van der Waals surface area (Å²) in [6.45, 7) is 3.10. The zero-order valence-electron chi connectivity index (χ0n) is 9.76. The Bertz CT molecular complexity index is 254. The van der Waals surface area contributed by atoms with E-state index < -0.39 is 12.1 Å². The van der Waals surface area contributed by atoms with Gasteiger partial charge in [0.05, 0.1) is 20.8 Å². The van der Waals surface area contributed by atoms with Crippen LogP contribution in [0.1, 0.15) is 6.92 Å². The SMILES string of the molecule is COC(=O)C1CN(C(C)C(=O)OC)CCO1. The molecule has 2 unspecified atom stereocenters. The number of ether oxygens (including phenoxy) is 3. The van der Waals surface area contributed by atoms with Crippen molar-refractivity contribution in [1.29, 1.82) is 0 Å². The predicted octanol–water partition coefficient (Wildman–Crippen LogP) is -0.578. The van der Waals surface area contributed by atoms with Gasteiger partial charge in [0.1, 0.15) is 6.04 Å². The van der Waals surface area contributed by atoms with Crippen molar-refractivity contribution >= 4 is 11.9 Å². The molecule has 0 aliphatic carbocycles. The maximum Gasteiger partial charge on any atom is 0.336 e. The smallest absolute Gasteiger partial charge is 0.336 e. The number of carbonyl (C=O) groups is 2. The molecule has 1 aliphatic rings. The number of hydrogen-bond acceptors (Lipinski definition) is 6. The molecule has 0 aromatic rings. The number of esters is 2. The molecule has 6 nitrogen and oxygen atoms in total. The topological polar surface area (TPSA) is 65.1 Å². The Morgan fingerprint density at radius 2 is 2.06 bits per heavy atom. The Balaban J connectivity index is 2.56. The highest BCUT2D eigenvalue weighted by Gasteiger charge is 2.32. The van der Waals surface area contributed by atoms with E-state index in [0.29, 0.717) is 19.7 Å². The average molecular weight is 231 g/mol. The lowest BCUT2D eigenvalue weighted by molar-refractivity contribution is -0.164. The van der Waals surface area contributed by atoms with Crippen LogP contribution >= 0.6 is 0 Å². The van der Waals surface area contributed by atoms with E-state index in [1.165, 1.54) is 14.2 Å². The van der Waals surface area contributed by atoms with Crippen LogP contribution in [0.4, 0.5) is 0 Å². The number of rotatable bonds is 3. The van der Waals surface area contributed by atoms with Crippen LogP contribution in [0.3, 0.4) is 0 Å². The molecule has 0 amide bonds. The molecule has 0 N–H and O–H groups in total. The van der Waals surface area contributed by atoms with Gasteiger partial charge >= 0.3 is 11.9 Å². The number of hydrogen-bond donors (Lipinski definition) is 0. The number of morpholine rings is 1. The molecule has 1 saturated heterocycles. The van der Waals surface area contributed by atoms with Gasteiger partial charge in [0.15, 0.2) is 6.10 Å². The highest BCUT2D eigenvalue weighted by molar-refractivity contribution is 5.76. The van der Waals surface area contributed by atoms with Gasteiger partial charge in [-0.1, -0.05) is 0 Å². The quantitative estimate of drug-likeness (QED) is 0.606. The zero-order chi connectivity index (χ0) is 12.1. The Hall–Kier alpha value is -1.14. The molecular formula is C10H17NO5. The molecule has 1 aliphatic heterocycles. The summed E-state index contributed by atoms with van der Waals surface area (Å²) in [7, 11) is 2.66. The summed E-state index contributed by atoms with van der Waals surface area (Å²) in [5, 5.41) is 0. The Morgan fingerprint density at radius 3 is 2.62 bits per heavy atom. The molecule has 92 valence electrons. The minimum Gasteiger partial charge on any atom is -0.468 e. The van der Waals surface area contributed by atoms with E-state index in [4.69, 9.17) is 4.74 Å². The molecule has 0 saturated carbocycles. The Labute approximate surface area is 94.4 Å². The van der Waals surface area contributed by atoms with Crippen molar-refractivity contribution < 1.29 is 23.8 Å². The van der Waals surface area contributed by atoms with Crippen LogP contribution in [0.2, 0.25) is 0 Å². The third-order valence-electron chi connectivity index (χ3n) is 2.65. The van der Waals surface area contributed by atoms with Gasteiger partial charge in [-0.2, -0.15) is 0 Å². The monoisotopic (exact) mass is 231 g/mol. The summed E-state index contributed by atoms with van der Waals surface area (Å²) in [6, 6.07) is -0.374. The van der Waals surface area contributed by atoms with E-state index in [1.54, 1.807) is 6.92 Å². The standard InChI is InChI=1S/C10H17NO5/c1-7(9(12)14-2)11-4-5-16-8(6-11)10(13)15-3/h7-8H,4-6H2,1-3H3. The van der Waals surface area contributed by atoms with Gasteiger partial charge in [-0.25, -0.2) is 4.79 Å². The third kappa shape index (κ3) is 2.93. The van der Waals surface area contributed by atoms with Crippen LogP contribution in [0, 0.1) is 0 Å². The van der Waals surface area contributed by atoms with Crippen molar-refractivity contribution in [2.45, 2.75) is 19.1 Å². The first-order chi connectivity index (χ1) is 7.60. The molecule has 1 rings (SSSR count). The van der Waals surface area contributed by atoms with Crippen molar-refractivity contribution in [2.75, 3.05) is 33.9 Å². The molecule has 1 fully saturated rings. The number of nitrogens with zero attached hydrogens (tertiary/aromatic N) is 1. The summed E-state index contributed by atoms with van der Waals surface area (Å²) in [6.07, 6.45) is -0.620. The minimum absolute atomic E-state index is 0.314. The van der Waals surface area contributed by atoms with E-state index in [1.807, 2.05) is 4.90 Å². The molecule has 6 heteroatoms. The summed E-state index contributed by atoms with van der Waals surface area (Å²) in [5.41, 5.74) is 0. The molecule has 0 radical (unpaired) electrons. The molecule has 0 aromatic carbocycles.